The molecule has 0 radical (unpaired) electrons. The zero-order valence-corrected chi connectivity index (χ0v) is 16.7. The summed E-state index contributed by atoms with van der Waals surface area (Å²) in [6.45, 7) is -0.189. The molecule has 0 spiro atoms. The maximum Gasteiger partial charge on any atom is 0.277 e. The third-order valence-electron chi connectivity index (χ3n) is 2.64. The largest absolute Gasteiger partial charge is 0.506 e. The number of hydrazone groups is 1. The standard InChI is InChI=1S/C15H11ClI2N2O3/c16-10-3-1-2-4-13(10)23-8-14(21)20-19-7-9-5-11(17)15(22)12(18)6-9/h1-7,22H,8H2,(H,20,21)/b19-7+. The summed E-state index contributed by atoms with van der Waals surface area (Å²) in [4.78, 5) is 11.7. The van der Waals surface area contributed by atoms with Crippen molar-refractivity contribution in [1.29, 1.82) is 0 Å². The average molecular weight is 557 g/mol. The third-order valence-corrected chi connectivity index (χ3v) is 4.59. The smallest absolute Gasteiger partial charge is 0.277 e. The van der Waals surface area contributed by atoms with E-state index in [-0.39, 0.29) is 12.4 Å². The Labute approximate surface area is 165 Å². The number of rotatable bonds is 5. The maximum absolute atomic E-state index is 11.7. The van der Waals surface area contributed by atoms with Gasteiger partial charge in [0.25, 0.3) is 5.91 Å². The Morgan fingerprint density at radius 3 is 2.61 bits per heavy atom. The van der Waals surface area contributed by atoms with Crippen LogP contribution < -0.4 is 10.2 Å². The molecule has 23 heavy (non-hydrogen) atoms. The molecule has 0 saturated heterocycles. The van der Waals surface area contributed by atoms with Gasteiger partial charge < -0.3 is 9.84 Å². The van der Waals surface area contributed by atoms with Crippen molar-refractivity contribution in [2.24, 2.45) is 5.10 Å². The highest BCUT2D eigenvalue weighted by Gasteiger charge is 2.06. The first-order chi connectivity index (χ1) is 11.0. The van der Waals surface area contributed by atoms with Crippen molar-refractivity contribution in [3.63, 3.8) is 0 Å². The first-order valence-corrected chi connectivity index (χ1v) is 8.88. The van der Waals surface area contributed by atoms with E-state index in [4.69, 9.17) is 16.3 Å². The summed E-state index contributed by atoms with van der Waals surface area (Å²) in [5, 5.41) is 14.0. The molecular formula is C15H11ClI2N2O3. The van der Waals surface area contributed by atoms with Gasteiger partial charge in [-0.15, -0.1) is 0 Å². The van der Waals surface area contributed by atoms with E-state index in [1.807, 2.05) is 45.2 Å². The van der Waals surface area contributed by atoms with Gasteiger partial charge >= 0.3 is 0 Å². The van der Waals surface area contributed by atoms with Crippen LogP contribution in [0.5, 0.6) is 11.5 Å². The number of hydrogen-bond acceptors (Lipinski definition) is 4. The number of hydrogen-bond donors (Lipinski definition) is 2. The van der Waals surface area contributed by atoms with Crippen molar-refractivity contribution in [1.82, 2.24) is 5.43 Å². The molecular weight excluding hydrogens is 545 g/mol. The fraction of sp³-hybridized carbons (Fsp3) is 0.0667. The van der Waals surface area contributed by atoms with E-state index in [1.54, 1.807) is 36.4 Å². The average Bonchev–Trinajstić information content (AvgIpc) is 2.52. The van der Waals surface area contributed by atoms with E-state index >= 15 is 0 Å². The van der Waals surface area contributed by atoms with Gasteiger partial charge in [0, 0.05) is 0 Å². The van der Waals surface area contributed by atoms with Crippen LogP contribution in [0.15, 0.2) is 41.5 Å². The van der Waals surface area contributed by atoms with Gasteiger partial charge in [-0.3, -0.25) is 4.79 Å². The molecule has 0 saturated carbocycles. The molecule has 0 bridgehead atoms. The first kappa shape index (κ1) is 18.3. The van der Waals surface area contributed by atoms with E-state index in [0.717, 1.165) is 5.56 Å². The Hall–Kier alpha value is -1.07. The molecule has 0 aliphatic carbocycles. The molecule has 2 rings (SSSR count). The summed E-state index contributed by atoms with van der Waals surface area (Å²) in [5.74, 6) is 0.279. The molecule has 0 aliphatic rings. The molecule has 0 unspecified atom stereocenters. The number of halogens is 3. The van der Waals surface area contributed by atoms with Crippen LogP contribution in [0.25, 0.3) is 0 Å². The van der Waals surface area contributed by atoms with Crippen molar-refractivity contribution in [3.8, 4) is 11.5 Å². The normalized spacial score (nSPS) is 10.7. The molecule has 0 atom stereocenters. The van der Waals surface area contributed by atoms with E-state index in [9.17, 15) is 9.90 Å². The SMILES string of the molecule is O=C(COc1ccccc1Cl)N/N=C/c1cc(I)c(O)c(I)c1. The number of aromatic hydroxyl groups is 1. The molecule has 5 nitrogen and oxygen atoms in total. The number of ether oxygens (including phenoxy) is 1. The molecule has 8 heteroatoms. The first-order valence-electron chi connectivity index (χ1n) is 6.34. The lowest BCUT2D eigenvalue weighted by atomic mass is 10.2. The van der Waals surface area contributed by atoms with Crippen LogP contribution in [0.2, 0.25) is 5.02 Å². The van der Waals surface area contributed by atoms with Gasteiger partial charge in [-0.25, -0.2) is 5.43 Å². The predicted octanol–water partition coefficient (Wildman–Crippen LogP) is 3.78. The van der Waals surface area contributed by atoms with Crippen molar-refractivity contribution in [3.05, 3.63) is 54.1 Å². The number of para-hydroxylation sites is 1. The summed E-state index contributed by atoms with van der Waals surface area (Å²) < 4.78 is 6.73. The Balaban J connectivity index is 1.88. The second-order valence-electron chi connectivity index (χ2n) is 4.35. The molecule has 2 aromatic rings. The molecule has 1 amide bonds. The number of benzene rings is 2. The summed E-state index contributed by atoms with van der Waals surface area (Å²) in [6.07, 6.45) is 1.50. The molecule has 0 fully saturated rings. The zero-order valence-electron chi connectivity index (χ0n) is 11.6. The van der Waals surface area contributed by atoms with Crippen LogP contribution in [-0.2, 0) is 4.79 Å². The van der Waals surface area contributed by atoms with Gasteiger partial charge in [0.1, 0.15) is 11.5 Å². The quantitative estimate of drug-likeness (QED) is 0.335. The minimum Gasteiger partial charge on any atom is -0.506 e. The lowest BCUT2D eigenvalue weighted by Crippen LogP contribution is -2.24. The number of nitrogens with one attached hydrogen (secondary N) is 1. The highest BCUT2D eigenvalue weighted by atomic mass is 127. The van der Waals surface area contributed by atoms with Crippen LogP contribution in [0, 0.1) is 7.14 Å². The minimum absolute atomic E-state index is 0.189. The van der Waals surface area contributed by atoms with Crippen LogP contribution >= 0.6 is 56.8 Å². The number of carbonyl (C=O) groups excluding carboxylic acids is 1. The van der Waals surface area contributed by atoms with Crippen LogP contribution in [0.1, 0.15) is 5.56 Å². The van der Waals surface area contributed by atoms with Crippen molar-refractivity contribution < 1.29 is 14.6 Å². The van der Waals surface area contributed by atoms with Crippen molar-refractivity contribution in [2.45, 2.75) is 0 Å². The number of nitrogens with zero attached hydrogens (tertiary/aromatic N) is 1. The van der Waals surface area contributed by atoms with E-state index in [2.05, 4.69) is 10.5 Å². The fourth-order valence-electron chi connectivity index (χ4n) is 1.58. The zero-order chi connectivity index (χ0) is 16.8. The molecule has 2 aromatic carbocycles. The molecule has 2 N–H and O–H groups in total. The Kier molecular flexibility index (Phi) is 6.90. The second kappa shape index (κ2) is 8.69. The van der Waals surface area contributed by atoms with Gasteiger partial charge in [-0.05, 0) is 75.0 Å². The summed E-state index contributed by atoms with van der Waals surface area (Å²) in [5.41, 5.74) is 3.14. The highest BCUT2D eigenvalue weighted by molar-refractivity contribution is 14.1. The lowest BCUT2D eigenvalue weighted by molar-refractivity contribution is -0.123. The topological polar surface area (TPSA) is 70.9 Å². The van der Waals surface area contributed by atoms with E-state index < -0.39 is 5.91 Å². The number of carbonyl (C=O) groups is 1. The van der Waals surface area contributed by atoms with Crippen molar-refractivity contribution >= 4 is 68.9 Å². The van der Waals surface area contributed by atoms with Gasteiger partial charge in [-0.2, -0.15) is 5.10 Å². The fourth-order valence-corrected chi connectivity index (χ4v) is 3.58. The molecule has 0 heterocycles. The van der Waals surface area contributed by atoms with Crippen molar-refractivity contribution in [2.75, 3.05) is 6.61 Å². The molecule has 0 aliphatic heterocycles. The number of amides is 1. The Morgan fingerprint density at radius 2 is 1.96 bits per heavy atom. The number of phenols is 1. The van der Waals surface area contributed by atoms with Crippen LogP contribution in [-0.4, -0.2) is 23.8 Å². The Morgan fingerprint density at radius 1 is 1.30 bits per heavy atom. The monoisotopic (exact) mass is 556 g/mol. The van der Waals surface area contributed by atoms with Crippen LogP contribution in [0.3, 0.4) is 0 Å². The highest BCUT2D eigenvalue weighted by Crippen LogP contribution is 2.26. The van der Waals surface area contributed by atoms with Crippen LogP contribution in [0.4, 0.5) is 0 Å². The maximum atomic E-state index is 11.7. The lowest BCUT2D eigenvalue weighted by Gasteiger charge is -2.06. The van der Waals surface area contributed by atoms with Gasteiger partial charge in [0.15, 0.2) is 6.61 Å². The second-order valence-corrected chi connectivity index (χ2v) is 7.08. The van der Waals surface area contributed by atoms with E-state index in [1.165, 1.54) is 6.21 Å². The van der Waals surface area contributed by atoms with Gasteiger partial charge in [-0.1, -0.05) is 23.7 Å². The third kappa shape index (κ3) is 5.50. The predicted molar refractivity (Wildman–Crippen MR) is 106 cm³/mol. The molecule has 120 valence electrons. The summed E-state index contributed by atoms with van der Waals surface area (Å²) in [7, 11) is 0. The molecule has 0 aromatic heterocycles. The van der Waals surface area contributed by atoms with Gasteiger partial charge in [0.2, 0.25) is 0 Å². The minimum atomic E-state index is -0.399. The van der Waals surface area contributed by atoms with Gasteiger partial charge in [0.05, 0.1) is 18.4 Å². The van der Waals surface area contributed by atoms with E-state index in [0.29, 0.717) is 17.9 Å². The summed E-state index contributed by atoms with van der Waals surface area (Å²) >= 11 is 9.98. The summed E-state index contributed by atoms with van der Waals surface area (Å²) in [6, 6.07) is 10.4. The Bertz CT molecular complexity index is 730. The number of phenolic OH excluding ortho intramolecular Hbond substituents is 1.